The molecule has 106 valence electrons. The first-order chi connectivity index (χ1) is 10.2. The molecule has 0 spiro atoms. The van der Waals surface area contributed by atoms with Crippen LogP contribution in [-0.4, -0.2) is 20.4 Å². The van der Waals surface area contributed by atoms with E-state index in [0.717, 1.165) is 0 Å². The topological polar surface area (TPSA) is 88.6 Å². The molecular weight excluding hydrogens is 272 g/mol. The fourth-order valence-corrected chi connectivity index (χ4v) is 1.83. The van der Waals surface area contributed by atoms with Crippen LogP contribution in [0.1, 0.15) is 5.82 Å². The minimum Gasteiger partial charge on any atom is -0.507 e. The van der Waals surface area contributed by atoms with Gasteiger partial charge in [-0.1, -0.05) is 29.4 Å². The Morgan fingerprint density at radius 2 is 1.67 bits per heavy atom. The van der Waals surface area contributed by atoms with Crippen molar-refractivity contribution in [3.63, 3.8) is 0 Å². The third-order valence-electron chi connectivity index (χ3n) is 2.81. The van der Waals surface area contributed by atoms with Gasteiger partial charge in [0.05, 0.1) is 0 Å². The molecule has 1 heterocycles. The Labute approximate surface area is 120 Å². The molecule has 2 aromatic carbocycles. The smallest absolute Gasteiger partial charge is 0.265 e. The number of hydrogen-bond donors (Lipinski definition) is 2. The van der Waals surface area contributed by atoms with Crippen molar-refractivity contribution in [1.29, 1.82) is 0 Å². The van der Waals surface area contributed by atoms with Gasteiger partial charge in [-0.05, 0) is 24.3 Å². The van der Waals surface area contributed by atoms with Gasteiger partial charge in [0.15, 0.2) is 6.61 Å². The lowest BCUT2D eigenvalue weighted by Gasteiger charge is -2.02. The molecule has 3 rings (SSSR count). The van der Waals surface area contributed by atoms with E-state index in [4.69, 9.17) is 9.26 Å². The van der Waals surface area contributed by atoms with Crippen molar-refractivity contribution in [2.24, 2.45) is 0 Å². The molecule has 0 unspecified atom stereocenters. The van der Waals surface area contributed by atoms with Crippen LogP contribution in [0.2, 0.25) is 0 Å². The van der Waals surface area contributed by atoms with Crippen LogP contribution in [0.3, 0.4) is 0 Å². The van der Waals surface area contributed by atoms with Crippen molar-refractivity contribution in [3.05, 3.63) is 54.4 Å². The zero-order valence-corrected chi connectivity index (χ0v) is 10.9. The number of aromatic hydroxyl groups is 2. The highest BCUT2D eigenvalue weighted by Crippen LogP contribution is 2.35. The Morgan fingerprint density at radius 1 is 0.952 bits per heavy atom. The van der Waals surface area contributed by atoms with Crippen LogP contribution < -0.4 is 4.74 Å². The normalized spacial score (nSPS) is 10.5. The summed E-state index contributed by atoms with van der Waals surface area (Å²) in [6.45, 7) is 0.127. The summed E-state index contributed by atoms with van der Waals surface area (Å²) in [6, 6.07) is 13.6. The SMILES string of the molecule is Oc1cccc(O)c1-c1nc(COc2ccccc2)no1. The number of nitrogens with zero attached hydrogens (tertiary/aromatic N) is 2. The van der Waals surface area contributed by atoms with E-state index >= 15 is 0 Å². The van der Waals surface area contributed by atoms with Crippen LogP contribution >= 0.6 is 0 Å². The molecule has 0 aliphatic carbocycles. The molecule has 0 aliphatic heterocycles. The molecule has 2 N–H and O–H groups in total. The number of hydrogen-bond acceptors (Lipinski definition) is 6. The number of rotatable bonds is 4. The number of phenolic OH excluding ortho intramolecular Hbond substituents is 2. The molecule has 1 aromatic heterocycles. The van der Waals surface area contributed by atoms with Gasteiger partial charge in [-0.15, -0.1) is 0 Å². The van der Waals surface area contributed by atoms with Crippen LogP contribution in [0, 0.1) is 0 Å². The predicted octanol–water partition coefficient (Wildman–Crippen LogP) is 2.73. The summed E-state index contributed by atoms with van der Waals surface area (Å²) in [4.78, 5) is 4.09. The number of benzene rings is 2. The molecule has 0 saturated heterocycles. The van der Waals surface area contributed by atoms with E-state index in [2.05, 4.69) is 10.1 Å². The van der Waals surface area contributed by atoms with Crippen molar-refractivity contribution in [2.75, 3.05) is 0 Å². The summed E-state index contributed by atoms with van der Waals surface area (Å²) in [5.74, 6) is 0.784. The molecule has 6 nitrogen and oxygen atoms in total. The zero-order chi connectivity index (χ0) is 14.7. The maximum atomic E-state index is 9.74. The number of aromatic nitrogens is 2. The van der Waals surface area contributed by atoms with Crippen LogP contribution in [0.4, 0.5) is 0 Å². The molecular formula is C15H12N2O4. The van der Waals surface area contributed by atoms with E-state index in [9.17, 15) is 10.2 Å². The van der Waals surface area contributed by atoms with E-state index in [0.29, 0.717) is 11.6 Å². The predicted molar refractivity (Wildman–Crippen MR) is 73.8 cm³/mol. The molecule has 0 amide bonds. The fraction of sp³-hybridized carbons (Fsp3) is 0.0667. The highest BCUT2D eigenvalue weighted by Gasteiger charge is 2.17. The molecule has 3 aromatic rings. The van der Waals surface area contributed by atoms with E-state index in [1.54, 1.807) is 0 Å². The lowest BCUT2D eigenvalue weighted by Crippen LogP contribution is -1.97. The van der Waals surface area contributed by atoms with E-state index < -0.39 is 0 Å². The van der Waals surface area contributed by atoms with Crippen molar-refractivity contribution in [2.45, 2.75) is 6.61 Å². The van der Waals surface area contributed by atoms with E-state index in [1.807, 2.05) is 30.3 Å². The van der Waals surface area contributed by atoms with E-state index in [-0.39, 0.29) is 29.6 Å². The van der Waals surface area contributed by atoms with Crippen LogP contribution in [0.25, 0.3) is 11.5 Å². The van der Waals surface area contributed by atoms with Crippen molar-refractivity contribution < 1.29 is 19.5 Å². The number of ether oxygens (including phenoxy) is 1. The molecule has 21 heavy (non-hydrogen) atoms. The average molecular weight is 284 g/mol. The second-order valence-electron chi connectivity index (χ2n) is 4.29. The van der Waals surface area contributed by atoms with Crippen LogP contribution in [-0.2, 0) is 6.61 Å². The molecule has 0 bridgehead atoms. The lowest BCUT2D eigenvalue weighted by atomic mass is 10.2. The summed E-state index contributed by atoms with van der Waals surface area (Å²) >= 11 is 0. The molecule has 0 atom stereocenters. The first-order valence-corrected chi connectivity index (χ1v) is 6.26. The molecule has 0 fully saturated rings. The maximum absolute atomic E-state index is 9.74. The van der Waals surface area contributed by atoms with Gasteiger partial charge < -0.3 is 19.5 Å². The third kappa shape index (κ3) is 2.79. The fourth-order valence-electron chi connectivity index (χ4n) is 1.83. The molecule has 0 saturated carbocycles. The summed E-state index contributed by atoms with van der Waals surface area (Å²) in [5, 5.41) is 23.2. The summed E-state index contributed by atoms with van der Waals surface area (Å²) < 4.78 is 10.5. The zero-order valence-electron chi connectivity index (χ0n) is 10.9. The standard InChI is InChI=1S/C15H12N2O4/c18-11-7-4-8-12(19)14(11)15-16-13(17-21-15)9-20-10-5-2-1-3-6-10/h1-8,18-19H,9H2. The van der Waals surface area contributed by atoms with Gasteiger partial charge >= 0.3 is 0 Å². The van der Waals surface area contributed by atoms with E-state index in [1.165, 1.54) is 18.2 Å². The monoisotopic (exact) mass is 284 g/mol. The van der Waals surface area contributed by atoms with Crippen LogP contribution in [0.15, 0.2) is 53.1 Å². The Hall–Kier alpha value is -3.02. The van der Waals surface area contributed by atoms with Gasteiger partial charge in [-0.2, -0.15) is 4.98 Å². The van der Waals surface area contributed by atoms with Gasteiger partial charge in [0.2, 0.25) is 5.82 Å². The van der Waals surface area contributed by atoms with Crippen molar-refractivity contribution >= 4 is 0 Å². The van der Waals surface area contributed by atoms with Crippen LogP contribution in [0.5, 0.6) is 17.2 Å². The second-order valence-corrected chi connectivity index (χ2v) is 4.29. The van der Waals surface area contributed by atoms with Crippen molar-refractivity contribution in [1.82, 2.24) is 10.1 Å². The number of para-hydroxylation sites is 1. The Balaban J connectivity index is 1.78. The summed E-state index contributed by atoms with van der Waals surface area (Å²) in [7, 11) is 0. The molecule has 6 heteroatoms. The average Bonchev–Trinajstić information content (AvgIpc) is 2.95. The largest absolute Gasteiger partial charge is 0.507 e. The van der Waals surface area contributed by atoms with Gasteiger partial charge in [-0.3, -0.25) is 0 Å². The number of phenols is 2. The molecule has 0 aliphatic rings. The van der Waals surface area contributed by atoms with Gasteiger partial charge in [0.25, 0.3) is 5.89 Å². The maximum Gasteiger partial charge on any atom is 0.265 e. The minimum atomic E-state index is -0.130. The lowest BCUT2D eigenvalue weighted by molar-refractivity contribution is 0.287. The Morgan fingerprint density at radius 3 is 2.38 bits per heavy atom. The Kier molecular flexibility index (Phi) is 3.42. The minimum absolute atomic E-state index is 0.0391. The van der Waals surface area contributed by atoms with Gasteiger partial charge in [0.1, 0.15) is 22.8 Å². The molecule has 0 radical (unpaired) electrons. The summed E-state index contributed by atoms with van der Waals surface area (Å²) in [6.07, 6.45) is 0. The third-order valence-corrected chi connectivity index (χ3v) is 2.81. The quantitative estimate of drug-likeness (QED) is 0.765. The van der Waals surface area contributed by atoms with Crippen molar-refractivity contribution in [3.8, 4) is 28.7 Å². The highest BCUT2D eigenvalue weighted by atomic mass is 16.5. The van der Waals surface area contributed by atoms with Gasteiger partial charge in [0, 0.05) is 0 Å². The Bertz CT molecular complexity index is 720. The van der Waals surface area contributed by atoms with Gasteiger partial charge in [-0.25, -0.2) is 0 Å². The first-order valence-electron chi connectivity index (χ1n) is 6.26. The highest BCUT2D eigenvalue weighted by molar-refractivity contribution is 5.69. The second kappa shape index (κ2) is 5.54. The summed E-state index contributed by atoms with van der Waals surface area (Å²) in [5.41, 5.74) is 0.107. The first kappa shape index (κ1) is 13.0.